The highest BCUT2D eigenvalue weighted by atomic mass is 35.5. The van der Waals surface area contributed by atoms with Gasteiger partial charge >= 0.3 is 0 Å². The number of hydrogen-bond acceptors (Lipinski definition) is 2. The van der Waals surface area contributed by atoms with Gasteiger partial charge in [0.1, 0.15) is 0 Å². The highest BCUT2D eigenvalue weighted by molar-refractivity contribution is 6.17. The van der Waals surface area contributed by atoms with E-state index in [-0.39, 0.29) is 5.91 Å². The summed E-state index contributed by atoms with van der Waals surface area (Å²) in [5.74, 6) is 0.592. The standard InChI is InChI=1S/C8H16ClNO2/c1-2-12-7-6-10-8(11)4-3-5-9/h2-7H2,1H3,(H,10,11). The van der Waals surface area contributed by atoms with E-state index in [9.17, 15) is 4.79 Å². The summed E-state index contributed by atoms with van der Waals surface area (Å²) in [6, 6.07) is 0. The van der Waals surface area contributed by atoms with Crippen molar-refractivity contribution in [2.24, 2.45) is 0 Å². The summed E-state index contributed by atoms with van der Waals surface area (Å²) in [5, 5.41) is 2.73. The monoisotopic (exact) mass is 193 g/mol. The van der Waals surface area contributed by atoms with Crippen molar-refractivity contribution in [3.05, 3.63) is 0 Å². The fourth-order valence-electron chi connectivity index (χ4n) is 0.723. The van der Waals surface area contributed by atoms with Crippen LogP contribution in [-0.2, 0) is 9.53 Å². The van der Waals surface area contributed by atoms with Crippen molar-refractivity contribution in [2.45, 2.75) is 19.8 Å². The Kier molecular flexibility index (Phi) is 8.61. The Morgan fingerprint density at radius 3 is 2.92 bits per heavy atom. The van der Waals surface area contributed by atoms with E-state index in [0.717, 1.165) is 6.42 Å². The molecule has 0 aromatic rings. The minimum Gasteiger partial charge on any atom is -0.380 e. The maximum Gasteiger partial charge on any atom is 0.220 e. The van der Waals surface area contributed by atoms with Crippen LogP contribution in [0.2, 0.25) is 0 Å². The Hall–Kier alpha value is -0.280. The maximum atomic E-state index is 10.9. The van der Waals surface area contributed by atoms with Crippen molar-refractivity contribution in [1.29, 1.82) is 0 Å². The molecule has 0 aliphatic carbocycles. The largest absolute Gasteiger partial charge is 0.380 e. The fourth-order valence-corrected chi connectivity index (χ4v) is 0.856. The lowest BCUT2D eigenvalue weighted by Gasteiger charge is -2.03. The van der Waals surface area contributed by atoms with Gasteiger partial charge in [0.25, 0.3) is 0 Å². The molecule has 0 saturated heterocycles. The van der Waals surface area contributed by atoms with E-state index >= 15 is 0 Å². The first-order valence-corrected chi connectivity index (χ1v) is 4.75. The van der Waals surface area contributed by atoms with Crippen LogP contribution >= 0.6 is 11.6 Å². The average molecular weight is 194 g/mol. The van der Waals surface area contributed by atoms with Crippen LogP contribution in [0.3, 0.4) is 0 Å². The van der Waals surface area contributed by atoms with Crippen molar-refractivity contribution < 1.29 is 9.53 Å². The van der Waals surface area contributed by atoms with E-state index in [4.69, 9.17) is 16.3 Å². The molecule has 0 saturated carbocycles. The minimum absolute atomic E-state index is 0.0513. The van der Waals surface area contributed by atoms with Crippen LogP contribution in [0.4, 0.5) is 0 Å². The van der Waals surface area contributed by atoms with Crippen LogP contribution in [0, 0.1) is 0 Å². The minimum atomic E-state index is 0.0513. The van der Waals surface area contributed by atoms with Gasteiger partial charge in [0, 0.05) is 25.5 Å². The summed E-state index contributed by atoms with van der Waals surface area (Å²) in [5.41, 5.74) is 0. The second-order valence-corrected chi connectivity index (χ2v) is 2.72. The molecule has 12 heavy (non-hydrogen) atoms. The molecule has 0 heterocycles. The van der Waals surface area contributed by atoms with Crippen LogP contribution in [0.25, 0.3) is 0 Å². The topological polar surface area (TPSA) is 38.3 Å². The van der Waals surface area contributed by atoms with Crippen molar-refractivity contribution in [2.75, 3.05) is 25.6 Å². The van der Waals surface area contributed by atoms with Crippen LogP contribution in [0.5, 0.6) is 0 Å². The summed E-state index contributed by atoms with van der Waals surface area (Å²) in [6.45, 7) is 3.80. The third-order valence-electron chi connectivity index (χ3n) is 1.31. The lowest BCUT2D eigenvalue weighted by Crippen LogP contribution is -2.26. The molecule has 0 aliphatic heterocycles. The molecule has 72 valence electrons. The molecule has 0 rings (SSSR count). The van der Waals surface area contributed by atoms with Crippen molar-refractivity contribution >= 4 is 17.5 Å². The Bertz CT molecular complexity index is 120. The highest BCUT2D eigenvalue weighted by Crippen LogP contribution is 1.90. The molecule has 0 aliphatic rings. The lowest BCUT2D eigenvalue weighted by atomic mass is 10.3. The predicted octanol–water partition coefficient (Wildman–Crippen LogP) is 1.16. The molecule has 0 fully saturated rings. The first kappa shape index (κ1) is 11.7. The number of halogens is 1. The number of amides is 1. The Labute approximate surface area is 78.4 Å². The summed E-state index contributed by atoms with van der Waals surface area (Å²) >= 11 is 5.42. The fraction of sp³-hybridized carbons (Fsp3) is 0.875. The second-order valence-electron chi connectivity index (χ2n) is 2.34. The molecule has 1 amide bonds. The van der Waals surface area contributed by atoms with Crippen molar-refractivity contribution in [3.63, 3.8) is 0 Å². The first-order chi connectivity index (χ1) is 5.81. The number of carbonyl (C=O) groups is 1. The molecule has 3 nitrogen and oxygen atoms in total. The van der Waals surface area contributed by atoms with Gasteiger partial charge in [-0.15, -0.1) is 11.6 Å². The van der Waals surface area contributed by atoms with Gasteiger partial charge in [-0.2, -0.15) is 0 Å². The Balaban J connectivity index is 3.08. The smallest absolute Gasteiger partial charge is 0.220 e. The van der Waals surface area contributed by atoms with Gasteiger partial charge in [-0.3, -0.25) is 4.79 Å². The molecule has 0 radical (unpaired) electrons. The van der Waals surface area contributed by atoms with Crippen LogP contribution in [0.1, 0.15) is 19.8 Å². The molecular formula is C8H16ClNO2. The van der Waals surface area contributed by atoms with Crippen LogP contribution in [-0.4, -0.2) is 31.5 Å². The average Bonchev–Trinajstić information content (AvgIpc) is 2.09. The van der Waals surface area contributed by atoms with E-state index < -0.39 is 0 Å². The van der Waals surface area contributed by atoms with Gasteiger partial charge in [0.15, 0.2) is 0 Å². The Morgan fingerprint density at radius 2 is 2.33 bits per heavy atom. The lowest BCUT2D eigenvalue weighted by molar-refractivity contribution is -0.121. The zero-order valence-electron chi connectivity index (χ0n) is 7.44. The molecule has 0 aromatic carbocycles. The molecule has 0 spiro atoms. The molecule has 0 unspecified atom stereocenters. The third kappa shape index (κ3) is 7.82. The second kappa shape index (κ2) is 8.81. The SMILES string of the molecule is CCOCCNC(=O)CCCCl. The van der Waals surface area contributed by atoms with Gasteiger partial charge in [-0.1, -0.05) is 0 Å². The molecular weight excluding hydrogens is 178 g/mol. The number of carbonyl (C=O) groups excluding carboxylic acids is 1. The zero-order chi connectivity index (χ0) is 9.23. The van der Waals surface area contributed by atoms with Gasteiger partial charge < -0.3 is 10.1 Å². The van der Waals surface area contributed by atoms with Crippen LogP contribution in [0.15, 0.2) is 0 Å². The molecule has 4 heteroatoms. The van der Waals surface area contributed by atoms with E-state index in [1.165, 1.54) is 0 Å². The summed E-state index contributed by atoms with van der Waals surface area (Å²) < 4.78 is 5.05. The summed E-state index contributed by atoms with van der Waals surface area (Å²) in [4.78, 5) is 10.9. The Morgan fingerprint density at radius 1 is 1.58 bits per heavy atom. The number of nitrogens with one attached hydrogen (secondary N) is 1. The third-order valence-corrected chi connectivity index (χ3v) is 1.58. The number of alkyl halides is 1. The molecule has 0 atom stereocenters. The van der Waals surface area contributed by atoms with Crippen molar-refractivity contribution in [3.8, 4) is 0 Å². The van der Waals surface area contributed by atoms with Crippen LogP contribution < -0.4 is 5.32 Å². The van der Waals surface area contributed by atoms with Gasteiger partial charge in [0.05, 0.1) is 6.61 Å². The molecule has 0 aromatic heterocycles. The quantitative estimate of drug-likeness (QED) is 0.487. The molecule has 0 bridgehead atoms. The molecule has 1 N–H and O–H groups in total. The van der Waals surface area contributed by atoms with E-state index in [2.05, 4.69) is 5.32 Å². The predicted molar refractivity (Wildman–Crippen MR) is 49.5 cm³/mol. The van der Waals surface area contributed by atoms with E-state index in [0.29, 0.717) is 32.1 Å². The van der Waals surface area contributed by atoms with Crippen molar-refractivity contribution in [1.82, 2.24) is 5.32 Å². The first-order valence-electron chi connectivity index (χ1n) is 4.21. The zero-order valence-corrected chi connectivity index (χ0v) is 8.19. The maximum absolute atomic E-state index is 10.9. The summed E-state index contributed by atoms with van der Waals surface area (Å²) in [6.07, 6.45) is 1.25. The van der Waals surface area contributed by atoms with E-state index in [1.54, 1.807) is 0 Å². The van der Waals surface area contributed by atoms with E-state index in [1.807, 2.05) is 6.92 Å². The van der Waals surface area contributed by atoms with Gasteiger partial charge in [-0.25, -0.2) is 0 Å². The van der Waals surface area contributed by atoms with Gasteiger partial charge in [-0.05, 0) is 13.3 Å². The number of hydrogen-bond donors (Lipinski definition) is 1. The number of ether oxygens (including phenoxy) is 1. The number of rotatable bonds is 7. The summed E-state index contributed by atoms with van der Waals surface area (Å²) in [7, 11) is 0. The highest BCUT2D eigenvalue weighted by Gasteiger charge is 1.98. The van der Waals surface area contributed by atoms with Gasteiger partial charge in [0.2, 0.25) is 5.91 Å². The normalized spacial score (nSPS) is 9.83.